The molecule has 0 aliphatic carbocycles. The number of H-pyrrole nitrogens is 2. The van der Waals surface area contributed by atoms with E-state index in [1.807, 2.05) is 0 Å². The number of hydrogen-bond donors (Lipinski definition) is 2. The van der Waals surface area contributed by atoms with Crippen molar-refractivity contribution in [3.05, 3.63) is 48.5 Å². The van der Waals surface area contributed by atoms with Crippen molar-refractivity contribution in [2.75, 3.05) is 0 Å². The van der Waals surface area contributed by atoms with Crippen molar-refractivity contribution in [3.8, 4) is 0 Å². The van der Waals surface area contributed by atoms with E-state index >= 15 is 0 Å². The van der Waals surface area contributed by atoms with Crippen molar-refractivity contribution >= 4 is 16.7 Å². The topological polar surface area (TPSA) is 109 Å². The smallest absolute Gasteiger partial charge is 0.314 e. The number of rotatable bonds is 1. The Labute approximate surface area is 87.9 Å². The molecule has 2 N–H and O–H groups in total. The van der Waals surface area contributed by atoms with Gasteiger partial charge in [-0.1, -0.05) is 0 Å². The number of nitro groups is 1. The van der Waals surface area contributed by atoms with E-state index < -0.39 is 16.0 Å². The van der Waals surface area contributed by atoms with Crippen LogP contribution in [0.5, 0.6) is 0 Å². The molecular weight excluding hydrogens is 214 g/mol. The molecular formula is C9H7N3O4. The van der Waals surface area contributed by atoms with Crippen molar-refractivity contribution in [1.82, 2.24) is 9.97 Å². The highest BCUT2D eigenvalue weighted by Gasteiger charge is 2.12. The Morgan fingerprint density at radius 2 is 1.62 bits per heavy atom. The lowest BCUT2D eigenvalue weighted by Gasteiger charge is -2.00. The quantitative estimate of drug-likeness (QED) is 0.413. The van der Waals surface area contributed by atoms with Crippen molar-refractivity contribution < 1.29 is 4.92 Å². The zero-order chi connectivity index (χ0) is 11.9. The monoisotopic (exact) mass is 221 g/mol. The highest BCUT2D eigenvalue weighted by molar-refractivity contribution is 5.78. The van der Waals surface area contributed by atoms with Crippen LogP contribution in [0, 0.1) is 17.0 Å². The molecule has 16 heavy (non-hydrogen) atoms. The normalized spacial score (nSPS) is 10.6. The molecule has 1 heterocycles. The van der Waals surface area contributed by atoms with E-state index in [9.17, 15) is 19.7 Å². The van der Waals surface area contributed by atoms with E-state index in [1.54, 1.807) is 6.92 Å². The first-order valence-electron chi connectivity index (χ1n) is 4.40. The summed E-state index contributed by atoms with van der Waals surface area (Å²) < 4.78 is 0. The first-order chi connectivity index (χ1) is 7.49. The van der Waals surface area contributed by atoms with Gasteiger partial charge in [0.05, 0.1) is 16.0 Å². The van der Waals surface area contributed by atoms with Gasteiger partial charge in [-0.25, -0.2) is 0 Å². The number of nitrogens with one attached hydrogen (secondary N) is 2. The van der Waals surface area contributed by atoms with Gasteiger partial charge >= 0.3 is 11.1 Å². The molecule has 0 amide bonds. The first-order valence-corrected chi connectivity index (χ1v) is 4.40. The van der Waals surface area contributed by atoms with Crippen molar-refractivity contribution in [1.29, 1.82) is 0 Å². The fraction of sp³-hybridized carbons (Fsp3) is 0.111. The fourth-order valence-corrected chi connectivity index (χ4v) is 1.46. The van der Waals surface area contributed by atoms with Crippen LogP contribution in [-0.2, 0) is 0 Å². The van der Waals surface area contributed by atoms with Crippen LogP contribution in [0.4, 0.5) is 5.69 Å². The van der Waals surface area contributed by atoms with Crippen LogP contribution < -0.4 is 11.1 Å². The predicted octanol–water partition coefficient (Wildman–Crippen LogP) is 0.433. The van der Waals surface area contributed by atoms with Crippen LogP contribution in [0.15, 0.2) is 21.7 Å². The molecule has 1 aromatic heterocycles. The maximum Gasteiger partial charge on any atom is 0.314 e. The molecule has 0 aliphatic heterocycles. The predicted molar refractivity (Wildman–Crippen MR) is 56.6 cm³/mol. The molecule has 7 nitrogen and oxygen atoms in total. The fourth-order valence-electron chi connectivity index (χ4n) is 1.46. The van der Waals surface area contributed by atoms with E-state index in [1.165, 1.54) is 12.1 Å². The van der Waals surface area contributed by atoms with Crippen LogP contribution in [0.3, 0.4) is 0 Å². The molecule has 0 aliphatic rings. The zero-order valence-corrected chi connectivity index (χ0v) is 8.23. The second-order valence-electron chi connectivity index (χ2n) is 3.35. The molecule has 7 heteroatoms. The molecule has 0 unspecified atom stereocenters. The Morgan fingerprint density at radius 3 is 2.12 bits per heavy atom. The summed E-state index contributed by atoms with van der Waals surface area (Å²) in [5.74, 6) is 0. The number of aromatic amines is 2. The van der Waals surface area contributed by atoms with Crippen molar-refractivity contribution in [2.45, 2.75) is 6.92 Å². The number of hydrogen-bond acceptors (Lipinski definition) is 4. The maximum absolute atomic E-state index is 11.0. The summed E-state index contributed by atoms with van der Waals surface area (Å²) in [6, 6.07) is 2.67. The Kier molecular flexibility index (Phi) is 2.08. The molecule has 0 fully saturated rings. The largest absolute Gasteiger partial charge is 0.316 e. The van der Waals surface area contributed by atoms with Crippen LogP contribution in [-0.4, -0.2) is 14.9 Å². The third-order valence-corrected chi connectivity index (χ3v) is 2.24. The minimum Gasteiger partial charge on any atom is -0.316 e. The molecule has 0 atom stereocenters. The van der Waals surface area contributed by atoms with Gasteiger partial charge in [0, 0.05) is 11.6 Å². The third-order valence-electron chi connectivity index (χ3n) is 2.24. The van der Waals surface area contributed by atoms with E-state index in [2.05, 4.69) is 9.97 Å². The Morgan fingerprint density at radius 1 is 1.12 bits per heavy atom. The van der Waals surface area contributed by atoms with Gasteiger partial charge < -0.3 is 9.97 Å². The Hall–Kier alpha value is -2.44. The molecule has 0 saturated carbocycles. The molecule has 0 spiro atoms. The third kappa shape index (κ3) is 1.48. The van der Waals surface area contributed by atoms with E-state index in [-0.39, 0.29) is 11.2 Å². The minimum atomic E-state index is -0.828. The van der Waals surface area contributed by atoms with Crippen LogP contribution >= 0.6 is 0 Å². The lowest BCUT2D eigenvalue weighted by Crippen LogP contribution is -2.28. The van der Waals surface area contributed by atoms with Gasteiger partial charge in [0.25, 0.3) is 5.69 Å². The van der Waals surface area contributed by atoms with E-state index in [0.29, 0.717) is 11.1 Å². The van der Waals surface area contributed by atoms with E-state index in [4.69, 9.17) is 0 Å². The van der Waals surface area contributed by atoms with E-state index in [0.717, 1.165) is 0 Å². The number of aromatic nitrogens is 2. The second-order valence-corrected chi connectivity index (χ2v) is 3.35. The lowest BCUT2D eigenvalue weighted by molar-refractivity contribution is -0.385. The van der Waals surface area contributed by atoms with Gasteiger partial charge in [-0.3, -0.25) is 19.7 Å². The van der Waals surface area contributed by atoms with Gasteiger partial charge in [0.1, 0.15) is 0 Å². The minimum absolute atomic E-state index is 0.102. The molecule has 1 aromatic carbocycles. The summed E-state index contributed by atoms with van der Waals surface area (Å²) in [4.78, 5) is 36.8. The molecule has 0 bridgehead atoms. The number of aryl methyl sites for hydroxylation is 1. The number of nitro benzene ring substituents is 1. The second kappa shape index (κ2) is 3.30. The van der Waals surface area contributed by atoms with Gasteiger partial charge in [0.15, 0.2) is 0 Å². The van der Waals surface area contributed by atoms with Gasteiger partial charge in [0.2, 0.25) is 0 Å². The van der Waals surface area contributed by atoms with Gasteiger partial charge in [-0.15, -0.1) is 0 Å². The molecule has 2 aromatic rings. The summed E-state index contributed by atoms with van der Waals surface area (Å²) in [5.41, 5.74) is -0.684. The average molecular weight is 221 g/mol. The molecule has 0 saturated heterocycles. The van der Waals surface area contributed by atoms with Crippen LogP contribution in [0.1, 0.15) is 5.56 Å². The Bertz CT molecular complexity index is 698. The van der Waals surface area contributed by atoms with Crippen molar-refractivity contribution in [2.24, 2.45) is 0 Å². The Balaban J connectivity index is 2.90. The number of benzene rings is 1. The van der Waals surface area contributed by atoms with Crippen LogP contribution in [0.25, 0.3) is 11.0 Å². The summed E-state index contributed by atoms with van der Waals surface area (Å²) in [6.07, 6.45) is 0. The zero-order valence-electron chi connectivity index (χ0n) is 8.23. The standard InChI is InChI=1S/C9H7N3O4/c1-4-2-5-6(3-7(4)12(15)16)11-9(14)8(13)10-5/h2-3H,1H3,(H,10,13)(H,11,14). The highest BCUT2D eigenvalue weighted by atomic mass is 16.6. The summed E-state index contributed by atoms with van der Waals surface area (Å²) in [7, 11) is 0. The van der Waals surface area contributed by atoms with Gasteiger partial charge in [-0.05, 0) is 13.0 Å². The number of nitrogens with zero attached hydrogens (tertiary/aromatic N) is 1. The number of fused-ring (bicyclic) bond motifs is 1. The summed E-state index contributed by atoms with van der Waals surface area (Å²) in [5, 5.41) is 10.7. The molecule has 2 rings (SSSR count). The van der Waals surface area contributed by atoms with Crippen molar-refractivity contribution in [3.63, 3.8) is 0 Å². The maximum atomic E-state index is 11.0. The molecule has 0 radical (unpaired) electrons. The van der Waals surface area contributed by atoms with Gasteiger partial charge in [-0.2, -0.15) is 0 Å². The highest BCUT2D eigenvalue weighted by Crippen LogP contribution is 2.21. The lowest BCUT2D eigenvalue weighted by atomic mass is 10.2. The van der Waals surface area contributed by atoms with Crippen LogP contribution in [0.2, 0.25) is 0 Å². The average Bonchev–Trinajstić information content (AvgIpc) is 2.19. The molecule has 82 valence electrons. The summed E-state index contributed by atoms with van der Waals surface area (Å²) in [6.45, 7) is 1.56. The SMILES string of the molecule is Cc1cc2[nH]c(=O)c(=O)[nH]c2cc1[N+](=O)[O-]. The summed E-state index contributed by atoms with van der Waals surface area (Å²) >= 11 is 0. The first kappa shape index (κ1) is 10.1.